The molecule has 1 atom stereocenters. The van der Waals surface area contributed by atoms with Crippen LogP contribution in [0.5, 0.6) is 0 Å². The van der Waals surface area contributed by atoms with Crippen LogP contribution in [0.15, 0.2) is 34.7 Å². The summed E-state index contributed by atoms with van der Waals surface area (Å²) in [5.41, 5.74) is 0.799. The van der Waals surface area contributed by atoms with Crippen LogP contribution in [0.4, 0.5) is 0 Å². The molecule has 1 aromatic heterocycles. The van der Waals surface area contributed by atoms with Crippen LogP contribution in [0.2, 0.25) is 0 Å². The fourth-order valence-electron chi connectivity index (χ4n) is 1.64. The van der Waals surface area contributed by atoms with Gasteiger partial charge < -0.3 is 0 Å². The zero-order valence-electron chi connectivity index (χ0n) is 11.0. The van der Waals surface area contributed by atoms with E-state index in [1.807, 2.05) is 6.07 Å². The third-order valence-corrected chi connectivity index (χ3v) is 5.53. The van der Waals surface area contributed by atoms with Crippen molar-refractivity contribution in [2.45, 2.75) is 23.7 Å². The minimum absolute atomic E-state index is 0.167. The lowest BCUT2D eigenvalue weighted by Crippen LogP contribution is -2.40. The minimum atomic E-state index is -3.91. The van der Waals surface area contributed by atoms with Gasteiger partial charge in [-0.1, -0.05) is 41.7 Å². The van der Waals surface area contributed by atoms with E-state index in [2.05, 4.69) is 14.9 Å². The molecule has 2 rings (SSSR count). The molecule has 0 saturated carbocycles. The Kier molecular flexibility index (Phi) is 5.04. The van der Waals surface area contributed by atoms with Gasteiger partial charge in [-0.05, 0) is 30.5 Å². The van der Waals surface area contributed by atoms with Gasteiger partial charge in [-0.3, -0.25) is 4.79 Å². The van der Waals surface area contributed by atoms with Gasteiger partial charge in [0.25, 0.3) is 10.0 Å². The van der Waals surface area contributed by atoms with Crippen molar-refractivity contribution in [1.82, 2.24) is 14.9 Å². The highest BCUT2D eigenvalue weighted by molar-refractivity contribution is 7.91. The number of benzene rings is 1. The highest BCUT2D eigenvalue weighted by atomic mass is 35.5. The fourth-order valence-corrected chi connectivity index (χ4v) is 4.01. The summed E-state index contributed by atoms with van der Waals surface area (Å²) in [7, 11) is -3.91. The lowest BCUT2D eigenvalue weighted by Gasteiger charge is -2.13. The van der Waals surface area contributed by atoms with Crippen LogP contribution in [-0.4, -0.2) is 29.9 Å². The first-order valence-corrected chi connectivity index (χ1v) is 8.62. The Morgan fingerprint density at radius 3 is 2.52 bits per heavy atom. The molecular weight excluding hydrogens is 334 g/mol. The summed E-state index contributed by atoms with van der Waals surface area (Å²) >= 11 is 6.42. The van der Waals surface area contributed by atoms with Crippen LogP contribution in [0.1, 0.15) is 10.6 Å². The maximum Gasteiger partial charge on any atom is 0.270 e. The predicted molar refractivity (Wildman–Crippen MR) is 79.8 cm³/mol. The third-order valence-electron chi connectivity index (χ3n) is 2.59. The molecular formula is C12H12ClN3O3S2. The number of halogens is 1. The maximum absolute atomic E-state index is 12.1. The monoisotopic (exact) mass is 345 g/mol. The minimum Gasteiger partial charge on any atom is -0.279 e. The van der Waals surface area contributed by atoms with Crippen LogP contribution in [0.25, 0.3) is 0 Å². The van der Waals surface area contributed by atoms with E-state index >= 15 is 0 Å². The Morgan fingerprint density at radius 1 is 1.33 bits per heavy atom. The van der Waals surface area contributed by atoms with Gasteiger partial charge in [-0.15, -0.1) is 10.2 Å². The molecule has 21 heavy (non-hydrogen) atoms. The number of nitrogens with zero attached hydrogens (tertiary/aromatic N) is 2. The molecule has 9 heteroatoms. The third kappa shape index (κ3) is 4.31. The van der Waals surface area contributed by atoms with E-state index in [4.69, 9.17) is 11.6 Å². The lowest BCUT2D eigenvalue weighted by atomic mass is 10.1. The van der Waals surface area contributed by atoms with Gasteiger partial charge in [0.05, 0.1) is 0 Å². The van der Waals surface area contributed by atoms with Gasteiger partial charge >= 0.3 is 0 Å². The average Bonchev–Trinajstić information content (AvgIpc) is 2.86. The van der Waals surface area contributed by atoms with Crippen molar-refractivity contribution in [2.24, 2.45) is 0 Å². The van der Waals surface area contributed by atoms with E-state index in [9.17, 15) is 13.2 Å². The molecule has 112 valence electrons. The van der Waals surface area contributed by atoms with Crippen molar-refractivity contribution in [3.8, 4) is 0 Å². The number of carbonyl (C=O) groups is 1. The van der Waals surface area contributed by atoms with E-state index in [0.717, 1.165) is 16.9 Å². The van der Waals surface area contributed by atoms with Crippen LogP contribution in [0.3, 0.4) is 0 Å². The van der Waals surface area contributed by atoms with E-state index in [1.54, 1.807) is 31.2 Å². The summed E-state index contributed by atoms with van der Waals surface area (Å²) in [4.78, 5) is 11.5. The molecule has 6 nitrogen and oxygen atoms in total. The number of rotatable bonds is 6. The number of aromatic nitrogens is 2. The van der Waals surface area contributed by atoms with Gasteiger partial charge in [-0.2, -0.15) is 4.72 Å². The second-order valence-corrected chi connectivity index (χ2v) is 7.70. The van der Waals surface area contributed by atoms with E-state index in [-0.39, 0.29) is 10.8 Å². The fraction of sp³-hybridized carbons (Fsp3) is 0.250. The van der Waals surface area contributed by atoms with Gasteiger partial charge in [0.1, 0.15) is 11.0 Å². The largest absolute Gasteiger partial charge is 0.279 e. The Balaban J connectivity index is 2.18. The Hall–Kier alpha value is -1.35. The van der Waals surface area contributed by atoms with E-state index in [1.165, 1.54) is 0 Å². The van der Waals surface area contributed by atoms with Crippen molar-refractivity contribution < 1.29 is 13.2 Å². The molecule has 2 aromatic rings. The van der Waals surface area contributed by atoms with Crippen molar-refractivity contribution >= 4 is 38.2 Å². The standard InChI is InChI=1S/C12H12ClN3O3S2/c1-8-14-15-12(20-8)21(18,19)16-10(11(13)17)7-9-5-3-2-4-6-9/h2-6,10,16H,7H2,1H3/t10-/m0/s1. The average molecular weight is 346 g/mol. The predicted octanol–water partition coefficient (Wildman–Crippen LogP) is 1.50. The first kappa shape index (κ1) is 16.0. The van der Waals surface area contributed by atoms with Crippen LogP contribution >= 0.6 is 22.9 Å². The number of aryl methyl sites for hydroxylation is 1. The molecule has 0 saturated heterocycles. The zero-order chi connectivity index (χ0) is 15.5. The van der Waals surface area contributed by atoms with Crippen LogP contribution < -0.4 is 4.72 Å². The number of nitrogens with one attached hydrogen (secondary N) is 1. The summed E-state index contributed by atoms with van der Waals surface area (Å²) in [5.74, 6) is 0. The Bertz CT molecular complexity index is 731. The van der Waals surface area contributed by atoms with Crippen molar-refractivity contribution in [2.75, 3.05) is 0 Å². The molecule has 0 radical (unpaired) electrons. The second-order valence-electron chi connectivity index (χ2n) is 4.25. The highest BCUT2D eigenvalue weighted by Crippen LogP contribution is 2.16. The quantitative estimate of drug-likeness (QED) is 0.801. The summed E-state index contributed by atoms with van der Waals surface area (Å²) in [6.07, 6.45) is 0.167. The van der Waals surface area contributed by atoms with Gasteiger partial charge in [-0.25, -0.2) is 8.42 Å². The van der Waals surface area contributed by atoms with E-state index < -0.39 is 21.3 Å². The molecule has 0 unspecified atom stereocenters. The number of hydrogen-bond acceptors (Lipinski definition) is 6. The summed E-state index contributed by atoms with van der Waals surface area (Å²) in [6, 6.07) is 7.95. The summed E-state index contributed by atoms with van der Waals surface area (Å²) in [5, 5.41) is 6.97. The molecule has 0 amide bonds. The van der Waals surface area contributed by atoms with Gasteiger partial charge in [0.2, 0.25) is 9.58 Å². The molecule has 0 spiro atoms. The maximum atomic E-state index is 12.1. The van der Waals surface area contributed by atoms with Crippen molar-refractivity contribution in [1.29, 1.82) is 0 Å². The van der Waals surface area contributed by atoms with Gasteiger partial charge in [0, 0.05) is 0 Å². The smallest absolute Gasteiger partial charge is 0.270 e. The first-order valence-electron chi connectivity index (χ1n) is 5.94. The first-order chi connectivity index (χ1) is 9.88. The number of sulfonamides is 1. The molecule has 0 aliphatic heterocycles. The SMILES string of the molecule is Cc1nnc(S(=O)(=O)N[C@@H](Cc2ccccc2)C(=O)Cl)s1. The number of carbonyl (C=O) groups excluding carboxylic acids is 1. The Labute approximate surface area is 131 Å². The van der Waals surface area contributed by atoms with E-state index in [0.29, 0.717) is 5.01 Å². The molecule has 0 aliphatic carbocycles. The molecule has 1 N–H and O–H groups in total. The topological polar surface area (TPSA) is 89.0 Å². The number of hydrogen-bond donors (Lipinski definition) is 1. The summed E-state index contributed by atoms with van der Waals surface area (Å²) < 4.78 is 26.4. The lowest BCUT2D eigenvalue weighted by molar-refractivity contribution is -0.113. The zero-order valence-corrected chi connectivity index (χ0v) is 13.4. The molecule has 0 aliphatic rings. The van der Waals surface area contributed by atoms with Crippen LogP contribution in [-0.2, 0) is 21.2 Å². The Morgan fingerprint density at radius 2 is 2.00 bits per heavy atom. The molecule has 0 fully saturated rings. The molecule has 1 aromatic carbocycles. The molecule has 1 heterocycles. The van der Waals surface area contributed by atoms with Crippen molar-refractivity contribution in [3.05, 3.63) is 40.9 Å². The molecule has 0 bridgehead atoms. The normalized spacial score (nSPS) is 13.0. The van der Waals surface area contributed by atoms with Crippen molar-refractivity contribution in [3.63, 3.8) is 0 Å². The van der Waals surface area contributed by atoms with Crippen LogP contribution in [0, 0.1) is 6.92 Å². The van der Waals surface area contributed by atoms with Gasteiger partial charge in [0.15, 0.2) is 0 Å². The second kappa shape index (κ2) is 6.61. The highest BCUT2D eigenvalue weighted by Gasteiger charge is 2.27. The summed E-state index contributed by atoms with van der Waals surface area (Å²) in [6.45, 7) is 1.64.